The minimum atomic E-state index is 0.190. The molecular weight excluding hydrogens is 380 g/mol. The van der Waals surface area contributed by atoms with E-state index in [0.717, 1.165) is 11.0 Å². The van der Waals surface area contributed by atoms with Crippen LogP contribution in [0.3, 0.4) is 0 Å². The van der Waals surface area contributed by atoms with Crippen LogP contribution in [0.1, 0.15) is 91.4 Å². The summed E-state index contributed by atoms with van der Waals surface area (Å²) in [4.78, 5) is 0. The fourth-order valence-electron chi connectivity index (χ4n) is 3.45. The zero-order valence-corrected chi connectivity index (χ0v) is 20.6. The molecular formula is C27H38N4. The third-order valence-corrected chi connectivity index (χ3v) is 5.66. The van der Waals surface area contributed by atoms with Crippen LogP contribution in [-0.2, 0) is 5.41 Å². The number of hydrogen-bond donors (Lipinski definition) is 0. The van der Waals surface area contributed by atoms with Gasteiger partial charge >= 0.3 is 0 Å². The van der Waals surface area contributed by atoms with Crippen molar-refractivity contribution in [1.82, 2.24) is 19.6 Å². The molecule has 0 saturated heterocycles. The van der Waals surface area contributed by atoms with Gasteiger partial charge in [-0.1, -0.05) is 52.8 Å². The molecule has 4 heteroatoms. The first-order valence-corrected chi connectivity index (χ1v) is 11.4. The van der Waals surface area contributed by atoms with Crippen molar-refractivity contribution in [1.29, 1.82) is 0 Å². The van der Waals surface area contributed by atoms with Crippen molar-refractivity contribution >= 4 is 21.8 Å². The summed E-state index contributed by atoms with van der Waals surface area (Å²) in [5, 5.41) is 11.6. The highest BCUT2D eigenvalue weighted by Crippen LogP contribution is 2.26. The fraction of sp³-hybridized carbons (Fsp3) is 0.481. The summed E-state index contributed by atoms with van der Waals surface area (Å²) in [5.74, 6) is 0.580. The van der Waals surface area contributed by atoms with E-state index in [1.54, 1.807) is 0 Å². The first-order valence-electron chi connectivity index (χ1n) is 11.4. The Balaban J connectivity index is 0.000000176. The molecule has 2 heterocycles. The van der Waals surface area contributed by atoms with E-state index in [0.29, 0.717) is 18.0 Å². The van der Waals surface area contributed by atoms with Crippen molar-refractivity contribution in [2.24, 2.45) is 0 Å². The minimum absolute atomic E-state index is 0.190. The van der Waals surface area contributed by atoms with E-state index in [2.05, 4.69) is 121 Å². The van der Waals surface area contributed by atoms with Gasteiger partial charge < -0.3 is 0 Å². The zero-order valence-electron chi connectivity index (χ0n) is 20.6. The Bertz CT molecular complexity index is 1150. The second kappa shape index (κ2) is 8.86. The molecule has 0 bridgehead atoms. The van der Waals surface area contributed by atoms with Gasteiger partial charge in [0.25, 0.3) is 0 Å². The average Bonchev–Trinajstić information content (AvgIpc) is 3.30. The van der Waals surface area contributed by atoms with Gasteiger partial charge in [-0.3, -0.25) is 9.36 Å². The summed E-state index contributed by atoms with van der Waals surface area (Å²) in [5.41, 5.74) is 5.10. The molecule has 31 heavy (non-hydrogen) atoms. The smallest absolute Gasteiger partial charge is 0.0926 e. The predicted molar refractivity (Wildman–Crippen MR) is 133 cm³/mol. The lowest BCUT2D eigenvalue weighted by Crippen LogP contribution is -2.10. The Hall–Kier alpha value is -2.62. The monoisotopic (exact) mass is 418 g/mol. The van der Waals surface area contributed by atoms with Gasteiger partial charge in [0.2, 0.25) is 0 Å². The van der Waals surface area contributed by atoms with E-state index in [1.807, 2.05) is 9.36 Å². The van der Waals surface area contributed by atoms with Crippen LogP contribution in [0.25, 0.3) is 21.8 Å². The molecule has 4 rings (SSSR count). The molecule has 0 aliphatic rings. The Labute approximate surface area is 187 Å². The Kier molecular flexibility index (Phi) is 6.59. The number of fused-ring (bicyclic) bond motifs is 2. The molecule has 0 unspecified atom stereocenters. The van der Waals surface area contributed by atoms with Crippen molar-refractivity contribution in [2.45, 2.75) is 85.7 Å². The lowest BCUT2D eigenvalue weighted by atomic mass is 9.87. The summed E-state index contributed by atoms with van der Waals surface area (Å²) < 4.78 is 4.05. The van der Waals surface area contributed by atoms with Crippen LogP contribution in [-0.4, -0.2) is 19.6 Å². The summed E-state index contributed by atoms with van der Waals surface area (Å²) in [6, 6.07) is 14.0. The molecule has 0 amide bonds. The van der Waals surface area contributed by atoms with Gasteiger partial charge in [0, 0.05) is 35.2 Å². The highest BCUT2D eigenvalue weighted by molar-refractivity contribution is 5.79. The first-order chi connectivity index (χ1) is 14.5. The summed E-state index contributed by atoms with van der Waals surface area (Å²) >= 11 is 0. The van der Waals surface area contributed by atoms with Crippen LogP contribution in [0.15, 0.2) is 48.8 Å². The van der Waals surface area contributed by atoms with E-state index in [1.165, 1.54) is 21.9 Å². The Morgan fingerprint density at radius 2 is 1.26 bits per heavy atom. The van der Waals surface area contributed by atoms with Crippen LogP contribution in [0.2, 0.25) is 0 Å². The van der Waals surface area contributed by atoms with Crippen LogP contribution >= 0.6 is 0 Å². The summed E-state index contributed by atoms with van der Waals surface area (Å²) in [6.07, 6.45) is 4.25. The molecule has 0 saturated carbocycles. The van der Waals surface area contributed by atoms with Crippen molar-refractivity contribution in [3.05, 3.63) is 59.9 Å². The van der Waals surface area contributed by atoms with Crippen molar-refractivity contribution in [2.75, 3.05) is 0 Å². The lowest BCUT2D eigenvalue weighted by molar-refractivity contribution is 0.537. The van der Waals surface area contributed by atoms with E-state index in [-0.39, 0.29) is 5.41 Å². The average molecular weight is 419 g/mol. The summed E-state index contributed by atoms with van der Waals surface area (Å²) in [6.45, 7) is 19.7. The third-order valence-electron chi connectivity index (χ3n) is 5.66. The molecule has 4 aromatic rings. The number of benzene rings is 2. The first kappa shape index (κ1) is 23.1. The number of nitrogens with zero attached hydrogens (tertiary/aromatic N) is 4. The van der Waals surface area contributed by atoms with Crippen LogP contribution < -0.4 is 0 Å². The van der Waals surface area contributed by atoms with Gasteiger partial charge in [-0.2, -0.15) is 10.2 Å². The number of aromatic nitrogens is 4. The molecule has 0 fully saturated rings. The van der Waals surface area contributed by atoms with Crippen LogP contribution in [0.4, 0.5) is 0 Å². The van der Waals surface area contributed by atoms with Crippen molar-refractivity contribution in [3.63, 3.8) is 0 Å². The molecule has 0 aliphatic carbocycles. The molecule has 0 spiro atoms. The molecule has 166 valence electrons. The number of hydrogen-bond acceptors (Lipinski definition) is 2. The quantitative estimate of drug-likeness (QED) is 0.342. The predicted octanol–water partition coefficient (Wildman–Crippen LogP) is 7.66. The molecule has 2 aromatic carbocycles. The second-order valence-corrected chi connectivity index (χ2v) is 10.4. The standard InChI is InChI=1S/C14H20N2.C13H18N2/c1-10(2)16-9-11-6-7-12(14(3,4)5)8-13(11)15-16;1-9(2)11-5-6-13-12(7-11)8-15(14-13)10(3)4/h6-10H,1-5H3;5-10H,1-4H3. The second-order valence-electron chi connectivity index (χ2n) is 10.4. The van der Waals surface area contributed by atoms with Crippen molar-refractivity contribution < 1.29 is 0 Å². The third kappa shape index (κ3) is 5.36. The van der Waals surface area contributed by atoms with Gasteiger partial charge in [0.05, 0.1) is 11.0 Å². The fourth-order valence-corrected chi connectivity index (χ4v) is 3.45. The molecule has 0 aliphatic heterocycles. The highest BCUT2D eigenvalue weighted by Gasteiger charge is 2.15. The van der Waals surface area contributed by atoms with Gasteiger partial charge in [-0.05, 0) is 68.4 Å². The van der Waals surface area contributed by atoms with E-state index in [9.17, 15) is 0 Å². The normalized spacial score (nSPS) is 12.3. The zero-order chi connectivity index (χ0) is 22.9. The SMILES string of the molecule is CC(C)c1ccc2nn(C(C)C)cc2c1.CC(C)n1cc2ccc(C(C)(C)C)cc2n1. The summed E-state index contributed by atoms with van der Waals surface area (Å²) in [7, 11) is 0. The van der Waals surface area contributed by atoms with Gasteiger partial charge in [-0.25, -0.2) is 0 Å². The van der Waals surface area contributed by atoms with Crippen LogP contribution in [0.5, 0.6) is 0 Å². The molecule has 0 radical (unpaired) electrons. The van der Waals surface area contributed by atoms with Crippen molar-refractivity contribution in [3.8, 4) is 0 Å². The van der Waals surface area contributed by atoms with Gasteiger partial charge in [0.1, 0.15) is 0 Å². The topological polar surface area (TPSA) is 35.6 Å². The Morgan fingerprint density at radius 1 is 0.677 bits per heavy atom. The molecule has 2 aromatic heterocycles. The van der Waals surface area contributed by atoms with Crippen LogP contribution in [0, 0.1) is 0 Å². The maximum Gasteiger partial charge on any atom is 0.0926 e. The molecule has 0 N–H and O–H groups in total. The van der Waals surface area contributed by atoms with Gasteiger partial charge in [-0.15, -0.1) is 0 Å². The van der Waals surface area contributed by atoms with E-state index >= 15 is 0 Å². The maximum atomic E-state index is 4.60. The number of rotatable bonds is 3. The lowest BCUT2D eigenvalue weighted by Gasteiger charge is -2.18. The minimum Gasteiger partial charge on any atom is -0.269 e. The van der Waals surface area contributed by atoms with Gasteiger partial charge in [0.15, 0.2) is 0 Å². The molecule has 0 atom stereocenters. The Morgan fingerprint density at radius 3 is 1.81 bits per heavy atom. The van der Waals surface area contributed by atoms with E-state index < -0.39 is 0 Å². The maximum absolute atomic E-state index is 4.60. The molecule has 4 nitrogen and oxygen atoms in total. The largest absolute Gasteiger partial charge is 0.269 e. The highest BCUT2D eigenvalue weighted by atomic mass is 15.3. The van der Waals surface area contributed by atoms with E-state index in [4.69, 9.17) is 0 Å².